The highest BCUT2D eigenvalue weighted by Gasteiger charge is 2.15. The Morgan fingerprint density at radius 3 is 2.55 bits per heavy atom. The first kappa shape index (κ1) is 25.8. The molecule has 0 bridgehead atoms. The fourth-order valence-electron chi connectivity index (χ4n) is 2.14. The van der Waals surface area contributed by atoms with E-state index in [1.807, 2.05) is 40.9 Å². The number of aromatic nitrogens is 1. The third-order valence-electron chi connectivity index (χ3n) is 3.56. The molecule has 9 heteroatoms. The summed E-state index contributed by atoms with van der Waals surface area (Å²) in [7, 11) is 0. The number of hydrogen-bond donors (Lipinski definition) is 4. The summed E-state index contributed by atoms with van der Waals surface area (Å²) in [4.78, 5) is 17.0. The molecule has 0 unspecified atom stereocenters. The number of pyridine rings is 1. The lowest BCUT2D eigenvalue weighted by atomic mass is 9.99. The summed E-state index contributed by atoms with van der Waals surface area (Å²) in [5.74, 6) is 0.0226. The van der Waals surface area contributed by atoms with Crippen molar-refractivity contribution in [2.75, 3.05) is 17.3 Å². The number of anilines is 3. The fraction of sp³-hybridized carbons (Fsp3) is 0.318. The number of thioether (sulfide) groups is 1. The summed E-state index contributed by atoms with van der Waals surface area (Å²) in [5.41, 5.74) is 7.90. The molecule has 2 rings (SSSR count). The lowest BCUT2D eigenvalue weighted by Gasteiger charge is -2.12. The van der Waals surface area contributed by atoms with Gasteiger partial charge in [0.15, 0.2) is 5.17 Å². The van der Waals surface area contributed by atoms with Crippen molar-refractivity contribution in [2.24, 2.45) is 15.6 Å². The molecule has 1 heterocycles. The van der Waals surface area contributed by atoms with Crippen LogP contribution in [-0.4, -0.2) is 34.7 Å². The van der Waals surface area contributed by atoms with E-state index < -0.39 is 0 Å². The molecule has 0 aliphatic carbocycles. The summed E-state index contributed by atoms with van der Waals surface area (Å²) in [5, 5.41) is 21.7. The number of benzene rings is 1. The Morgan fingerprint density at radius 2 is 1.97 bits per heavy atom. The van der Waals surface area contributed by atoms with Gasteiger partial charge in [0, 0.05) is 35.6 Å². The van der Waals surface area contributed by atoms with Gasteiger partial charge in [0.25, 0.3) is 5.91 Å². The number of carbonyl (C=O) groups is 1. The molecule has 0 aliphatic rings. The second kappa shape index (κ2) is 12.5. The Kier molecular flexibility index (Phi) is 10.4. The van der Waals surface area contributed by atoms with Gasteiger partial charge in [0.2, 0.25) is 0 Å². The molecule has 2 aromatic rings. The average molecular weight is 442 g/mol. The first-order valence-corrected chi connectivity index (χ1v) is 11.1. The quantitative estimate of drug-likeness (QED) is 0.227. The van der Waals surface area contributed by atoms with Crippen LogP contribution in [0.3, 0.4) is 0 Å². The SMILES string of the molecule is CC.CS/C(=N\N=C\C(C)(C)C)NC(=O)c1cccnc1Nc1ccc(C=N)c(N)c1. The smallest absolute Gasteiger partial charge is 0.261 e. The predicted octanol–water partition coefficient (Wildman–Crippen LogP) is 4.91. The molecule has 0 saturated carbocycles. The Labute approximate surface area is 188 Å². The minimum absolute atomic E-state index is 0.105. The Hall–Kier alpha value is -3.20. The van der Waals surface area contributed by atoms with Crippen molar-refractivity contribution in [1.29, 1.82) is 5.41 Å². The second-order valence-corrected chi connectivity index (χ2v) is 7.98. The van der Waals surface area contributed by atoms with E-state index in [0.29, 0.717) is 33.5 Å². The summed E-state index contributed by atoms with van der Waals surface area (Å²) >= 11 is 1.29. The molecule has 31 heavy (non-hydrogen) atoms. The van der Waals surface area contributed by atoms with Gasteiger partial charge in [-0.1, -0.05) is 46.4 Å². The van der Waals surface area contributed by atoms with Crippen LogP contribution in [0.1, 0.15) is 50.5 Å². The van der Waals surface area contributed by atoms with E-state index in [4.69, 9.17) is 11.1 Å². The summed E-state index contributed by atoms with van der Waals surface area (Å²) in [6.45, 7) is 10.0. The summed E-state index contributed by atoms with van der Waals surface area (Å²) < 4.78 is 0. The minimum Gasteiger partial charge on any atom is -0.398 e. The topological polar surface area (TPSA) is 129 Å². The minimum atomic E-state index is -0.358. The predicted molar refractivity (Wildman–Crippen MR) is 134 cm³/mol. The van der Waals surface area contributed by atoms with Crippen LogP contribution < -0.4 is 16.4 Å². The van der Waals surface area contributed by atoms with Crippen LogP contribution in [0.2, 0.25) is 0 Å². The molecule has 0 spiro atoms. The van der Waals surface area contributed by atoms with Crippen LogP contribution in [0.4, 0.5) is 17.2 Å². The molecule has 0 saturated heterocycles. The van der Waals surface area contributed by atoms with Crippen LogP contribution in [0, 0.1) is 10.8 Å². The maximum atomic E-state index is 12.8. The molecule has 1 aromatic carbocycles. The normalized spacial score (nSPS) is 11.5. The number of nitrogen functional groups attached to an aromatic ring is 1. The summed E-state index contributed by atoms with van der Waals surface area (Å²) in [6.07, 6.45) is 6.30. The molecule has 0 radical (unpaired) electrons. The lowest BCUT2D eigenvalue weighted by molar-refractivity contribution is 0.0978. The highest BCUT2D eigenvalue weighted by molar-refractivity contribution is 8.13. The number of nitrogens with two attached hydrogens (primary N) is 1. The third-order valence-corrected chi connectivity index (χ3v) is 4.14. The number of hydrogen-bond acceptors (Lipinski definition) is 8. The Bertz CT molecular complexity index is 949. The van der Waals surface area contributed by atoms with Crippen LogP contribution in [-0.2, 0) is 0 Å². The van der Waals surface area contributed by atoms with E-state index in [2.05, 4.69) is 25.8 Å². The molecular weight excluding hydrogens is 410 g/mol. The Balaban J connectivity index is 0.00000233. The van der Waals surface area contributed by atoms with Crippen molar-refractivity contribution >= 4 is 52.5 Å². The molecule has 166 valence electrons. The van der Waals surface area contributed by atoms with Gasteiger partial charge in [-0.15, -0.1) is 5.10 Å². The van der Waals surface area contributed by atoms with Crippen molar-refractivity contribution in [1.82, 2.24) is 10.3 Å². The number of amidine groups is 1. The molecule has 1 amide bonds. The second-order valence-electron chi connectivity index (χ2n) is 7.19. The van der Waals surface area contributed by atoms with Gasteiger partial charge in [-0.25, -0.2) is 4.98 Å². The maximum absolute atomic E-state index is 12.8. The van der Waals surface area contributed by atoms with Gasteiger partial charge in [0.05, 0.1) is 5.56 Å². The van der Waals surface area contributed by atoms with E-state index in [1.54, 1.807) is 42.7 Å². The van der Waals surface area contributed by atoms with Gasteiger partial charge in [-0.3, -0.25) is 10.1 Å². The lowest BCUT2D eigenvalue weighted by Crippen LogP contribution is -2.29. The van der Waals surface area contributed by atoms with Crippen LogP contribution >= 0.6 is 11.8 Å². The summed E-state index contributed by atoms with van der Waals surface area (Å²) in [6, 6.07) is 8.52. The van der Waals surface area contributed by atoms with Crippen LogP contribution in [0.15, 0.2) is 46.7 Å². The van der Waals surface area contributed by atoms with E-state index in [0.717, 1.165) is 0 Å². The maximum Gasteiger partial charge on any atom is 0.261 e. The van der Waals surface area contributed by atoms with Crippen LogP contribution in [0.25, 0.3) is 0 Å². The first-order valence-electron chi connectivity index (χ1n) is 9.83. The third kappa shape index (κ3) is 8.59. The Morgan fingerprint density at radius 1 is 1.26 bits per heavy atom. The molecule has 0 aliphatic heterocycles. The molecular formula is C22H31N7OS. The molecule has 8 nitrogen and oxygen atoms in total. The average Bonchev–Trinajstić information content (AvgIpc) is 2.74. The van der Waals surface area contributed by atoms with Gasteiger partial charge < -0.3 is 16.5 Å². The van der Waals surface area contributed by atoms with Crippen molar-refractivity contribution in [3.8, 4) is 0 Å². The van der Waals surface area contributed by atoms with Gasteiger partial charge in [-0.2, -0.15) is 5.10 Å². The van der Waals surface area contributed by atoms with Crippen molar-refractivity contribution in [3.05, 3.63) is 47.7 Å². The zero-order valence-corrected chi connectivity index (χ0v) is 19.7. The number of rotatable bonds is 5. The highest BCUT2D eigenvalue weighted by atomic mass is 32.2. The van der Waals surface area contributed by atoms with E-state index >= 15 is 0 Å². The van der Waals surface area contributed by atoms with Gasteiger partial charge in [-0.05, 0) is 42.0 Å². The zero-order valence-electron chi connectivity index (χ0n) is 18.9. The highest BCUT2D eigenvalue weighted by Crippen LogP contribution is 2.22. The molecule has 0 atom stereocenters. The number of amides is 1. The zero-order chi connectivity index (χ0) is 23.4. The molecule has 0 fully saturated rings. The van der Waals surface area contributed by atoms with Crippen molar-refractivity contribution in [2.45, 2.75) is 34.6 Å². The van der Waals surface area contributed by atoms with Crippen molar-refractivity contribution < 1.29 is 4.79 Å². The molecule has 1 aromatic heterocycles. The largest absolute Gasteiger partial charge is 0.398 e. The van der Waals surface area contributed by atoms with Gasteiger partial charge >= 0.3 is 0 Å². The standard InChI is InChI=1S/C20H25N7OS.C2H6/c1-20(2,3)12-24-27-19(29-4)26-18(28)15-6-5-9-23-17(15)25-14-8-7-13(11-21)16(22)10-14;1-2/h5-12,21H,22H2,1-4H3,(H,23,25)(H,26,27,28);1-2H3/b21-11?,24-12+;. The number of nitrogens with one attached hydrogen (secondary N) is 3. The number of nitrogens with zero attached hydrogens (tertiary/aromatic N) is 3. The first-order chi connectivity index (χ1) is 14.7. The van der Waals surface area contributed by atoms with Gasteiger partial charge in [0.1, 0.15) is 5.82 Å². The number of carbonyl (C=O) groups excluding carboxylic acids is 1. The monoisotopic (exact) mass is 441 g/mol. The van der Waals surface area contributed by atoms with E-state index in [-0.39, 0.29) is 11.3 Å². The molecule has 5 N–H and O–H groups in total. The fourth-order valence-corrected chi connectivity index (χ4v) is 2.47. The van der Waals surface area contributed by atoms with E-state index in [9.17, 15) is 4.79 Å². The van der Waals surface area contributed by atoms with Crippen molar-refractivity contribution in [3.63, 3.8) is 0 Å². The van der Waals surface area contributed by atoms with E-state index in [1.165, 1.54) is 18.0 Å². The van der Waals surface area contributed by atoms with Crippen LogP contribution in [0.5, 0.6) is 0 Å².